The minimum absolute atomic E-state index is 0.0796. The fourth-order valence-electron chi connectivity index (χ4n) is 1.66. The summed E-state index contributed by atoms with van der Waals surface area (Å²) in [5, 5.41) is 10.1. The highest BCUT2D eigenvalue weighted by atomic mass is 16.7. The number of carbonyl (C=O) groups excluding carboxylic acids is 1. The van der Waals surface area contributed by atoms with E-state index in [0.29, 0.717) is 24.3 Å². The molecular weight excluding hydrogens is 222 g/mol. The van der Waals surface area contributed by atoms with Gasteiger partial charge in [-0.25, -0.2) is 0 Å². The van der Waals surface area contributed by atoms with Gasteiger partial charge in [-0.15, -0.1) is 0 Å². The van der Waals surface area contributed by atoms with Crippen molar-refractivity contribution < 1.29 is 19.5 Å². The molecule has 0 aliphatic carbocycles. The van der Waals surface area contributed by atoms with E-state index in [1.54, 1.807) is 31.2 Å². The van der Waals surface area contributed by atoms with Crippen molar-refractivity contribution in [2.24, 2.45) is 0 Å². The fourth-order valence-corrected chi connectivity index (χ4v) is 1.66. The molecule has 0 bridgehead atoms. The molecule has 1 fully saturated rings. The molecule has 17 heavy (non-hydrogen) atoms. The first-order valence-electron chi connectivity index (χ1n) is 5.38. The average molecular weight is 235 g/mol. The van der Waals surface area contributed by atoms with Gasteiger partial charge < -0.3 is 5.11 Å². The van der Waals surface area contributed by atoms with E-state index in [1.807, 2.05) is 0 Å². The number of hydroxylamine groups is 1. The number of benzene rings is 1. The lowest BCUT2D eigenvalue weighted by Crippen LogP contribution is -2.22. The lowest BCUT2D eigenvalue weighted by atomic mass is 10.0. The van der Waals surface area contributed by atoms with Crippen LogP contribution in [0.2, 0.25) is 0 Å². The zero-order valence-electron chi connectivity index (χ0n) is 9.42. The summed E-state index contributed by atoms with van der Waals surface area (Å²) in [4.78, 5) is 27.4. The van der Waals surface area contributed by atoms with E-state index in [1.165, 1.54) is 5.06 Å². The van der Waals surface area contributed by atoms with Gasteiger partial charge in [0.2, 0.25) is 0 Å². The average Bonchev–Trinajstić information content (AvgIpc) is 2.74. The molecule has 1 unspecified atom stereocenters. The zero-order valence-corrected chi connectivity index (χ0v) is 9.42. The molecule has 1 aliphatic heterocycles. The van der Waals surface area contributed by atoms with E-state index < -0.39 is 11.9 Å². The Labute approximate surface area is 98.6 Å². The van der Waals surface area contributed by atoms with Gasteiger partial charge in [0, 0.05) is 0 Å². The number of carboxylic acids is 1. The summed E-state index contributed by atoms with van der Waals surface area (Å²) in [5.41, 5.74) is 1.33. The summed E-state index contributed by atoms with van der Waals surface area (Å²) in [5.74, 6) is -1.51. The minimum Gasteiger partial charge on any atom is -0.481 e. The van der Waals surface area contributed by atoms with Crippen LogP contribution >= 0.6 is 0 Å². The van der Waals surface area contributed by atoms with Crippen LogP contribution in [-0.2, 0) is 14.4 Å². The number of carboxylic acid groups (broad SMARTS) is 1. The van der Waals surface area contributed by atoms with Crippen molar-refractivity contribution in [2.45, 2.75) is 19.3 Å². The van der Waals surface area contributed by atoms with Gasteiger partial charge >= 0.3 is 5.97 Å². The van der Waals surface area contributed by atoms with Crippen molar-refractivity contribution in [3.8, 4) is 0 Å². The van der Waals surface area contributed by atoms with Gasteiger partial charge in [0.1, 0.15) is 0 Å². The quantitative estimate of drug-likeness (QED) is 0.863. The van der Waals surface area contributed by atoms with Gasteiger partial charge in [0.05, 0.1) is 24.6 Å². The van der Waals surface area contributed by atoms with Crippen LogP contribution in [0.25, 0.3) is 0 Å². The number of anilines is 1. The summed E-state index contributed by atoms with van der Waals surface area (Å²) in [6.45, 7) is 2.01. The molecule has 0 radical (unpaired) electrons. The maximum Gasteiger partial charge on any atom is 0.310 e. The summed E-state index contributed by atoms with van der Waals surface area (Å²) in [6, 6.07) is 6.78. The number of nitrogens with zero attached hydrogens (tertiary/aromatic N) is 1. The van der Waals surface area contributed by atoms with Crippen LogP contribution in [0.5, 0.6) is 0 Å². The highest BCUT2D eigenvalue weighted by Crippen LogP contribution is 2.23. The lowest BCUT2D eigenvalue weighted by Gasteiger charge is -2.15. The minimum atomic E-state index is -0.869. The molecule has 1 N–H and O–H groups in total. The smallest absolute Gasteiger partial charge is 0.310 e. The molecule has 1 atom stereocenters. The molecule has 1 aromatic carbocycles. The Hall–Kier alpha value is -1.88. The normalized spacial score (nSPS) is 17.2. The maximum absolute atomic E-state index is 11.4. The summed E-state index contributed by atoms with van der Waals surface area (Å²) >= 11 is 0. The first-order chi connectivity index (χ1) is 8.09. The second-order valence-corrected chi connectivity index (χ2v) is 3.92. The number of hydrogen-bond donors (Lipinski definition) is 1. The van der Waals surface area contributed by atoms with Crippen molar-refractivity contribution >= 4 is 17.6 Å². The molecule has 2 rings (SSSR count). The molecule has 0 spiro atoms. The topological polar surface area (TPSA) is 66.8 Å². The lowest BCUT2D eigenvalue weighted by molar-refractivity contribution is -0.138. The summed E-state index contributed by atoms with van der Waals surface area (Å²) in [6.07, 6.45) is 0.382. The standard InChI is InChI=1S/C12H13NO4/c1-8(12(15)16)9-2-4-10(5-3-9)13-11(14)6-7-17-13/h2-5,8H,6-7H2,1H3,(H,15,16). The third-order valence-electron chi connectivity index (χ3n) is 2.76. The van der Waals surface area contributed by atoms with Gasteiger partial charge in [0.15, 0.2) is 0 Å². The molecule has 1 amide bonds. The number of carbonyl (C=O) groups is 2. The van der Waals surface area contributed by atoms with Crippen LogP contribution in [-0.4, -0.2) is 23.6 Å². The second kappa shape index (κ2) is 4.55. The van der Waals surface area contributed by atoms with Crippen LogP contribution in [0, 0.1) is 0 Å². The van der Waals surface area contributed by atoms with Crippen LogP contribution in [0.4, 0.5) is 5.69 Å². The fraction of sp³-hybridized carbons (Fsp3) is 0.333. The van der Waals surface area contributed by atoms with Gasteiger partial charge in [-0.05, 0) is 24.6 Å². The van der Waals surface area contributed by atoms with Crippen molar-refractivity contribution in [3.05, 3.63) is 29.8 Å². The largest absolute Gasteiger partial charge is 0.481 e. The predicted octanol–water partition coefficient (Wildman–Crippen LogP) is 1.54. The van der Waals surface area contributed by atoms with Crippen molar-refractivity contribution in [3.63, 3.8) is 0 Å². The Bertz CT molecular complexity index is 440. The van der Waals surface area contributed by atoms with Crippen LogP contribution < -0.4 is 5.06 Å². The summed E-state index contributed by atoms with van der Waals surface area (Å²) in [7, 11) is 0. The second-order valence-electron chi connectivity index (χ2n) is 3.92. The van der Waals surface area contributed by atoms with Crippen LogP contribution in [0.3, 0.4) is 0 Å². The third kappa shape index (κ3) is 2.29. The van der Waals surface area contributed by atoms with Gasteiger partial charge in [0.25, 0.3) is 5.91 Å². The van der Waals surface area contributed by atoms with Crippen molar-refractivity contribution in [1.29, 1.82) is 0 Å². The third-order valence-corrected chi connectivity index (χ3v) is 2.76. The number of aliphatic carboxylic acids is 1. The molecule has 5 nitrogen and oxygen atoms in total. The van der Waals surface area contributed by atoms with E-state index in [2.05, 4.69) is 0 Å². The Morgan fingerprint density at radius 2 is 2.06 bits per heavy atom. The molecule has 0 aromatic heterocycles. The van der Waals surface area contributed by atoms with E-state index in [9.17, 15) is 9.59 Å². The highest BCUT2D eigenvalue weighted by Gasteiger charge is 2.23. The number of rotatable bonds is 3. The molecule has 90 valence electrons. The maximum atomic E-state index is 11.4. The molecule has 5 heteroatoms. The molecule has 1 aliphatic rings. The van der Waals surface area contributed by atoms with Crippen LogP contribution in [0.15, 0.2) is 24.3 Å². The Balaban J connectivity index is 2.18. The number of amides is 1. The zero-order chi connectivity index (χ0) is 12.4. The molecule has 0 saturated carbocycles. The van der Waals surface area contributed by atoms with E-state index in [-0.39, 0.29) is 5.91 Å². The SMILES string of the molecule is CC(C(=O)O)c1ccc(N2OCCC2=O)cc1. The first-order valence-corrected chi connectivity index (χ1v) is 5.38. The molecule has 1 heterocycles. The monoisotopic (exact) mass is 235 g/mol. The van der Waals surface area contributed by atoms with Crippen molar-refractivity contribution in [2.75, 3.05) is 11.7 Å². The molecule has 1 aromatic rings. The van der Waals surface area contributed by atoms with E-state index >= 15 is 0 Å². The molecule has 1 saturated heterocycles. The number of hydrogen-bond acceptors (Lipinski definition) is 3. The van der Waals surface area contributed by atoms with Gasteiger partial charge in [-0.3, -0.25) is 14.4 Å². The van der Waals surface area contributed by atoms with Crippen LogP contribution in [0.1, 0.15) is 24.8 Å². The highest BCUT2D eigenvalue weighted by molar-refractivity contribution is 5.92. The Morgan fingerprint density at radius 1 is 1.41 bits per heavy atom. The first kappa shape index (κ1) is 11.6. The van der Waals surface area contributed by atoms with Gasteiger partial charge in [-0.1, -0.05) is 12.1 Å². The van der Waals surface area contributed by atoms with Crippen molar-refractivity contribution in [1.82, 2.24) is 0 Å². The van der Waals surface area contributed by atoms with E-state index in [4.69, 9.17) is 9.94 Å². The van der Waals surface area contributed by atoms with E-state index in [0.717, 1.165) is 0 Å². The predicted molar refractivity (Wildman–Crippen MR) is 60.5 cm³/mol. The van der Waals surface area contributed by atoms with Gasteiger partial charge in [-0.2, -0.15) is 5.06 Å². The summed E-state index contributed by atoms with van der Waals surface area (Å²) < 4.78 is 0. The molecular formula is C12H13NO4. The Morgan fingerprint density at radius 3 is 2.53 bits per heavy atom. The Kier molecular flexibility index (Phi) is 3.10.